The van der Waals surface area contributed by atoms with Crippen LogP contribution in [0.5, 0.6) is 0 Å². The molecular weight excluding hydrogens is 206 g/mol. The smallest absolute Gasteiger partial charge is 0.273 e. The Kier molecular flexibility index (Phi) is 3.56. The molecule has 0 spiro atoms. The molecular formula is C11H17N3O2. The Morgan fingerprint density at radius 2 is 2.62 bits per heavy atom. The van der Waals surface area contributed by atoms with Gasteiger partial charge < -0.3 is 15.1 Å². The molecule has 1 amide bonds. The molecule has 2 heterocycles. The quantitative estimate of drug-likeness (QED) is 0.789. The van der Waals surface area contributed by atoms with Gasteiger partial charge in [0.2, 0.25) is 0 Å². The number of amides is 1. The van der Waals surface area contributed by atoms with E-state index in [1.807, 2.05) is 0 Å². The molecule has 1 aromatic heterocycles. The molecule has 1 atom stereocenters. The van der Waals surface area contributed by atoms with Gasteiger partial charge in [0.05, 0.1) is 0 Å². The van der Waals surface area contributed by atoms with Gasteiger partial charge in [-0.3, -0.25) is 4.79 Å². The largest absolute Gasteiger partial charge is 0.448 e. The zero-order valence-corrected chi connectivity index (χ0v) is 9.45. The van der Waals surface area contributed by atoms with Gasteiger partial charge in [0.15, 0.2) is 12.1 Å². The number of hydrogen-bond donors (Lipinski definition) is 2. The van der Waals surface area contributed by atoms with Gasteiger partial charge in [-0.05, 0) is 38.8 Å². The Balaban J connectivity index is 1.73. The predicted molar refractivity (Wildman–Crippen MR) is 59.2 cm³/mol. The fraction of sp³-hybridized carbons (Fsp3) is 0.636. The zero-order chi connectivity index (χ0) is 11.4. The molecule has 1 aromatic rings. The van der Waals surface area contributed by atoms with Crippen molar-refractivity contribution in [3.8, 4) is 0 Å². The van der Waals surface area contributed by atoms with E-state index in [1.54, 1.807) is 6.92 Å². The number of carbonyl (C=O) groups excluding carboxylic acids is 1. The first-order chi connectivity index (χ1) is 7.77. The van der Waals surface area contributed by atoms with Crippen LogP contribution in [0.3, 0.4) is 0 Å². The molecule has 1 aliphatic rings. The summed E-state index contributed by atoms with van der Waals surface area (Å²) in [5.74, 6) is 1.12. The number of carbonyl (C=O) groups is 1. The van der Waals surface area contributed by atoms with E-state index >= 15 is 0 Å². The fourth-order valence-electron chi connectivity index (χ4n) is 1.96. The van der Waals surface area contributed by atoms with Crippen molar-refractivity contribution in [1.29, 1.82) is 0 Å². The summed E-state index contributed by atoms with van der Waals surface area (Å²) >= 11 is 0. The SMILES string of the molecule is Cc1ocnc1C(=O)NCCC1CCNC1. The topological polar surface area (TPSA) is 67.2 Å². The van der Waals surface area contributed by atoms with Crippen LogP contribution in [0.1, 0.15) is 29.1 Å². The molecule has 0 bridgehead atoms. The molecule has 0 saturated carbocycles. The lowest BCUT2D eigenvalue weighted by atomic mass is 10.1. The summed E-state index contributed by atoms with van der Waals surface area (Å²) in [4.78, 5) is 15.5. The summed E-state index contributed by atoms with van der Waals surface area (Å²) < 4.78 is 4.98. The van der Waals surface area contributed by atoms with Crippen LogP contribution in [0.25, 0.3) is 0 Å². The van der Waals surface area contributed by atoms with E-state index in [4.69, 9.17) is 4.42 Å². The second-order valence-electron chi connectivity index (χ2n) is 4.16. The number of hydrogen-bond acceptors (Lipinski definition) is 4. The highest BCUT2D eigenvalue weighted by molar-refractivity contribution is 5.92. The Morgan fingerprint density at radius 3 is 3.25 bits per heavy atom. The van der Waals surface area contributed by atoms with E-state index < -0.39 is 0 Å². The van der Waals surface area contributed by atoms with E-state index in [1.165, 1.54) is 12.8 Å². The fourth-order valence-corrected chi connectivity index (χ4v) is 1.96. The van der Waals surface area contributed by atoms with Gasteiger partial charge in [-0.15, -0.1) is 0 Å². The van der Waals surface area contributed by atoms with Crippen molar-refractivity contribution in [3.05, 3.63) is 17.8 Å². The summed E-state index contributed by atoms with van der Waals surface area (Å²) in [7, 11) is 0. The molecule has 1 saturated heterocycles. The standard InChI is InChI=1S/C11H17N3O2/c1-8-10(14-7-16-8)11(15)13-5-3-9-2-4-12-6-9/h7,9,12H,2-6H2,1H3,(H,13,15). The number of aryl methyl sites for hydroxylation is 1. The molecule has 1 unspecified atom stereocenters. The van der Waals surface area contributed by atoms with Crippen LogP contribution in [-0.4, -0.2) is 30.5 Å². The maximum Gasteiger partial charge on any atom is 0.273 e. The summed E-state index contributed by atoms with van der Waals surface area (Å²) in [6.07, 6.45) is 3.53. The van der Waals surface area contributed by atoms with Crippen molar-refractivity contribution in [2.75, 3.05) is 19.6 Å². The molecule has 16 heavy (non-hydrogen) atoms. The van der Waals surface area contributed by atoms with Gasteiger partial charge in [0.25, 0.3) is 5.91 Å². The Hall–Kier alpha value is -1.36. The maximum absolute atomic E-state index is 11.7. The van der Waals surface area contributed by atoms with Crippen LogP contribution in [0.15, 0.2) is 10.8 Å². The molecule has 5 heteroatoms. The number of nitrogens with one attached hydrogen (secondary N) is 2. The maximum atomic E-state index is 11.7. The second-order valence-corrected chi connectivity index (χ2v) is 4.16. The van der Waals surface area contributed by atoms with Gasteiger partial charge in [0.1, 0.15) is 5.76 Å². The minimum absolute atomic E-state index is 0.141. The minimum atomic E-state index is -0.141. The number of nitrogens with zero attached hydrogens (tertiary/aromatic N) is 1. The van der Waals surface area contributed by atoms with E-state index in [-0.39, 0.29) is 5.91 Å². The third-order valence-electron chi connectivity index (χ3n) is 2.96. The van der Waals surface area contributed by atoms with Gasteiger partial charge in [-0.1, -0.05) is 0 Å². The Labute approximate surface area is 94.6 Å². The van der Waals surface area contributed by atoms with Crippen molar-refractivity contribution >= 4 is 5.91 Å². The van der Waals surface area contributed by atoms with Crippen LogP contribution < -0.4 is 10.6 Å². The molecule has 0 aromatic carbocycles. The molecule has 1 aliphatic heterocycles. The lowest BCUT2D eigenvalue weighted by Crippen LogP contribution is -2.27. The lowest BCUT2D eigenvalue weighted by molar-refractivity contribution is 0.0946. The predicted octanol–water partition coefficient (Wildman–Crippen LogP) is 0.712. The number of oxazole rings is 1. The first-order valence-electron chi connectivity index (χ1n) is 5.66. The first-order valence-corrected chi connectivity index (χ1v) is 5.66. The summed E-state index contributed by atoms with van der Waals surface area (Å²) in [5.41, 5.74) is 0.393. The second kappa shape index (κ2) is 5.12. The third-order valence-corrected chi connectivity index (χ3v) is 2.96. The van der Waals surface area contributed by atoms with Gasteiger partial charge in [-0.25, -0.2) is 4.98 Å². The molecule has 0 aliphatic carbocycles. The minimum Gasteiger partial charge on any atom is -0.448 e. The van der Waals surface area contributed by atoms with Crippen molar-refractivity contribution in [1.82, 2.24) is 15.6 Å². The van der Waals surface area contributed by atoms with E-state index in [0.29, 0.717) is 23.9 Å². The van der Waals surface area contributed by atoms with Gasteiger partial charge in [0, 0.05) is 6.54 Å². The van der Waals surface area contributed by atoms with Gasteiger partial charge in [-0.2, -0.15) is 0 Å². The monoisotopic (exact) mass is 223 g/mol. The normalized spacial score (nSPS) is 19.9. The first kappa shape index (κ1) is 11.1. The number of rotatable bonds is 4. The third kappa shape index (κ3) is 2.61. The van der Waals surface area contributed by atoms with E-state index in [9.17, 15) is 4.79 Å². The van der Waals surface area contributed by atoms with Crippen LogP contribution in [0.2, 0.25) is 0 Å². The molecule has 1 fully saturated rings. The van der Waals surface area contributed by atoms with Crippen LogP contribution in [-0.2, 0) is 0 Å². The van der Waals surface area contributed by atoms with E-state index in [0.717, 1.165) is 19.5 Å². The highest BCUT2D eigenvalue weighted by Gasteiger charge is 2.16. The number of aromatic nitrogens is 1. The van der Waals surface area contributed by atoms with Crippen molar-refractivity contribution in [3.63, 3.8) is 0 Å². The molecule has 2 rings (SSSR count). The summed E-state index contributed by atoms with van der Waals surface area (Å²) in [6.45, 7) is 4.61. The van der Waals surface area contributed by atoms with Crippen molar-refractivity contribution in [2.45, 2.75) is 19.8 Å². The summed E-state index contributed by atoms with van der Waals surface area (Å²) in [6, 6.07) is 0. The van der Waals surface area contributed by atoms with Crippen molar-refractivity contribution in [2.24, 2.45) is 5.92 Å². The highest BCUT2D eigenvalue weighted by Crippen LogP contribution is 2.11. The molecule has 2 N–H and O–H groups in total. The molecule has 0 radical (unpaired) electrons. The van der Waals surface area contributed by atoms with Crippen LogP contribution in [0.4, 0.5) is 0 Å². The zero-order valence-electron chi connectivity index (χ0n) is 9.45. The van der Waals surface area contributed by atoms with Gasteiger partial charge >= 0.3 is 0 Å². The van der Waals surface area contributed by atoms with E-state index in [2.05, 4.69) is 15.6 Å². The highest BCUT2D eigenvalue weighted by atomic mass is 16.3. The summed E-state index contributed by atoms with van der Waals surface area (Å²) in [5, 5.41) is 6.17. The van der Waals surface area contributed by atoms with Crippen molar-refractivity contribution < 1.29 is 9.21 Å². The average molecular weight is 223 g/mol. The molecule has 88 valence electrons. The van der Waals surface area contributed by atoms with Crippen LogP contribution >= 0.6 is 0 Å². The molecule has 5 nitrogen and oxygen atoms in total. The average Bonchev–Trinajstić information content (AvgIpc) is 2.88. The Morgan fingerprint density at radius 1 is 1.75 bits per heavy atom. The van der Waals surface area contributed by atoms with Crippen LogP contribution in [0, 0.1) is 12.8 Å². The Bertz CT molecular complexity index is 356. The lowest BCUT2D eigenvalue weighted by Gasteiger charge is -2.08.